The molecule has 2 bridgehead atoms. The molecular weight excluding hydrogens is 384 g/mol. The van der Waals surface area contributed by atoms with E-state index in [4.69, 9.17) is 9.15 Å². The predicted molar refractivity (Wildman–Crippen MR) is 111 cm³/mol. The van der Waals surface area contributed by atoms with Gasteiger partial charge in [0.1, 0.15) is 11.3 Å². The summed E-state index contributed by atoms with van der Waals surface area (Å²) in [4.78, 5) is 38.4. The van der Waals surface area contributed by atoms with Crippen molar-refractivity contribution < 1.29 is 13.9 Å². The van der Waals surface area contributed by atoms with E-state index < -0.39 is 5.63 Å². The summed E-state index contributed by atoms with van der Waals surface area (Å²) in [6.45, 7) is 3.64. The minimum absolute atomic E-state index is 0.0310. The molecule has 5 rings (SSSR count). The largest absolute Gasteiger partial charge is 0.484 e. The highest BCUT2D eigenvalue weighted by Gasteiger charge is 2.36. The molecule has 0 N–H and O–H groups in total. The predicted octanol–water partition coefficient (Wildman–Crippen LogP) is 2.29. The van der Waals surface area contributed by atoms with Crippen LogP contribution < -0.4 is 15.9 Å². The Bertz CT molecular complexity index is 1260. The van der Waals surface area contributed by atoms with Crippen LogP contribution in [0, 0.1) is 12.8 Å². The van der Waals surface area contributed by atoms with Crippen LogP contribution in [0.1, 0.15) is 23.6 Å². The van der Waals surface area contributed by atoms with Crippen molar-refractivity contribution in [1.29, 1.82) is 0 Å². The van der Waals surface area contributed by atoms with Gasteiger partial charge >= 0.3 is 5.63 Å². The van der Waals surface area contributed by atoms with Gasteiger partial charge in [-0.05, 0) is 43.0 Å². The summed E-state index contributed by atoms with van der Waals surface area (Å²) in [6, 6.07) is 12.1. The molecule has 0 saturated carbocycles. The molecule has 0 spiro atoms. The highest BCUT2D eigenvalue weighted by molar-refractivity contribution is 5.82. The van der Waals surface area contributed by atoms with Crippen LogP contribution in [0.5, 0.6) is 5.75 Å². The van der Waals surface area contributed by atoms with E-state index in [1.54, 1.807) is 24.3 Å². The molecule has 1 aromatic carbocycles. The molecule has 0 aliphatic carbocycles. The fourth-order valence-electron chi connectivity index (χ4n) is 4.73. The molecule has 1 fully saturated rings. The normalized spacial score (nSPS) is 20.1. The van der Waals surface area contributed by atoms with Gasteiger partial charge in [0.25, 0.3) is 11.5 Å². The van der Waals surface area contributed by atoms with Gasteiger partial charge in [0.15, 0.2) is 6.61 Å². The molecule has 2 aromatic heterocycles. The van der Waals surface area contributed by atoms with Crippen LogP contribution >= 0.6 is 0 Å². The number of piperidine rings is 1. The van der Waals surface area contributed by atoms with Crippen LogP contribution in [0.3, 0.4) is 0 Å². The molecule has 30 heavy (non-hydrogen) atoms. The van der Waals surface area contributed by atoms with Crippen molar-refractivity contribution in [3.05, 3.63) is 74.5 Å². The minimum atomic E-state index is -0.410. The number of pyridine rings is 1. The van der Waals surface area contributed by atoms with Gasteiger partial charge in [0.05, 0.1) is 0 Å². The van der Waals surface area contributed by atoms with Gasteiger partial charge in [-0.1, -0.05) is 6.07 Å². The van der Waals surface area contributed by atoms with Crippen molar-refractivity contribution in [3.8, 4) is 5.75 Å². The summed E-state index contributed by atoms with van der Waals surface area (Å²) in [7, 11) is 0. The van der Waals surface area contributed by atoms with Crippen LogP contribution in [-0.4, -0.2) is 35.1 Å². The number of carbonyl (C=O) groups excluding carboxylic acids is 1. The molecule has 3 aromatic rings. The van der Waals surface area contributed by atoms with E-state index in [9.17, 15) is 14.4 Å². The first-order chi connectivity index (χ1) is 14.5. The Labute approximate surface area is 172 Å². The van der Waals surface area contributed by atoms with Crippen molar-refractivity contribution in [3.63, 3.8) is 0 Å². The van der Waals surface area contributed by atoms with E-state index >= 15 is 0 Å². The standard InChI is InChI=1S/C23H22N2O5/c1-14-7-23(28)30-20-9-17(5-6-18(14)20)29-13-22(27)24-10-15-8-16(12-24)19-3-2-4-21(26)25(19)11-15/h2-7,9,15-16H,8,10-13H2,1H3/t15-,16-/m1/s1. The highest BCUT2D eigenvalue weighted by Crippen LogP contribution is 2.35. The van der Waals surface area contributed by atoms with E-state index in [1.807, 2.05) is 28.5 Å². The summed E-state index contributed by atoms with van der Waals surface area (Å²) in [5.74, 6) is 0.854. The van der Waals surface area contributed by atoms with Crippen LogP contribution in [0.15, 0.2) is 56.5 Å². The molecule has 2 aliphatic rings. The Hall–Kier alpha value is -3.35. The number of amides is 1. The van der Waals surface area contributed by atoms with Crippen molar-refractivity contribution in [2.45, 2.75) is 25.8 Å². The smallest absolute Gasteiger partial charge is 0.336 e. The molecule has 2 atom stereocenters. The van der Waals surface area contributed by atoms with Crippen LogP contribution in [0.2, 0.25) is 0 Å². The minimum Gasteiger partial charge on any atom is -0.484 e. The number of carbonyl (C=O) groups is 1. The summed E-state index contributed by atoms with van der Waals surface area (Å²) in [5, 5.41) is 0.839. The molecule has 1 saturated heterocycles. The van der Waals surface area contributed by atoms with Gasteiger partial charge in [-0.15, -0.1) is 0 Å². The molecule has 0 radical (unpaired) electrons. The third-order valence-electron chi connectivity index (χ3n) is 6.12. The number of hydrogen-bond acceptors (Lipinski definition) is 5. The second-order valence-electron chi connectivity index (χ2n) is 8.19. The van der Waals surface area contributed by atoms with Gasteiger partial charge in [0.2, 0.25) is 0 Å². The maximum absolute atomic E-state index is 12.8. The number of aromatic nitrogens is 1. The maximum Gasteiger partial charge on any atom is 0.336 e. The zero-order valence-electron chi connectivity index (χ0n) is 16.7. The van der Waals surface area contributed by atoms with Crippen LogP contribution in [0.25, 0.3) is 11.0 Å². The van der Waals surface area contributed by atoms with Gasteiger partial charge in [-0.3, -0.25) is 9.59 Å². The molecule has 7 nitrogen and oxygen atoms in total. The number of hydrogen-bond donors (Lipinski definition) is 0. The average molecular weight is 406 g/mol. The number of ether oxygens (including phenoxy) is 1. The average Bonchev–Trinajstić information content (AvgIpc) is 2.72. The topological polar surface area (TPSA) is 81.8 Å². The zero-order chi connectivity index (χ0) is 20.8. The first-order valence-corrected chi connectivity index (χ1v) is 10.1. The van der Waals surface area contributed by atoms with E-state index in [0.717, 1.165) is 23.1 Å². The lowest BCUT2D eigenvalue weighted by Crippen LogP contribution is -2.50. The lowest BCUT2D eigenvalue weighted by molar-refractivity contribution is -0.136. The third kappa shape index (κ3) is 3.30. The van der Waals surface area contributed by atoms with Gasteiger partial charge in [0, 0.05) is 54.8 Å². The van der Waals surface area contributed by atoms with E-state index in [1.165, 1.54) is 6.07 Å². The summed E-state index contributed by atoms with van der Waals surface area (Å²) < 4.78 is 12.8. The second kappa shape index (κ2) is 7.16. The van der Waals surface area contributed by atoms with Crippen molar-refractivity contribution in [1.82, 2.24) is 9.47 Å². The first kappa shape index (κ1) is 18.7. The Morgan fingerprint density at radius 2 is 2.00 bits per heavy atom. The monoisotopic (exact) mass is 406 g/mol. The molecule has 2 aliphatic heterocycles. The van der Waals surface area contributed by atoms with E-state index in [-0.39, 0.29) is 29.9 Å². The van der Waals surface area contributed by atoms with Gasteiger partial charge in [-0.25, -0.2) is 4.79 Å². The van der Waals surface area contributed by atoms with Gasteiger partial charge in [-0.2, -0.15) is 0 Å². The maximum atomic E-state index is 12.8. The SMILES string of the molecule is Cc1cc(=O)oc2cc(OCC(=O)N3C[C@H]4C[C@H](C3)c3cccc(=O)n3C4)ccc12. The Kier molecular flexibility index (Phi) is 4.46. The number of fused-ring (bicyclic) bond motifs is 5. The Balaban J connectivity index is 1.29. The Morgan fingerprint density at radius 3 is 2.87 bits per heavy atom. The fraction of sp³-hybridized carbons (Fsp3) is 0.348. The molecule has 7 heteroatoms. The third-order valence-corrected chi connectivity index (χ3v) is 6.12. The summed E-state index contributed by atoms with van der Waals surface area (Å²) >= 11 is 0. The van der Waals surface area contributed by atoms with Crippen molar-refractivity contribution in [2.75, 3.05) is 19.7 Å². The summed E-state index contributed by atoms with van der Waals surface area (Å²) in [5.41, 5.74) is 1.91. The van der Waals surface area contributed by atoms with Crippen molar-refractivity contribution in [2.24, 2.45) is 5.92 Å². The molecule has 4 heterocycles. The zero-order valence-corrected chi connectivity index (χ0v) is 16.7. The van der Waals surface area contributed by atoms with E-state index in [0.29, 0.717) is 31.0 Å². The number of aryl methyl sites for hydroxylation is 1. The molecule has 1 amide bonds. The lowest BCUT2D eigenvalue weighted by Gasteiger charge is -2.42. The van der Waals surface area contributed by atoms with Crippen LogP contribution in [0.4, 0.5) is 0 Å². The quantitative estimate of drug-likeness (QED) is 0.624. The highest BCUT2D eigenvalue weighted by atomic mass is 16.5. The lowest BCUT2D eigenvalue weighted by atomic mass is 9.83. The summed E-state index contributed by atoms with van der Waals surface area (Å²) in [6.07, 6.45) is 0.997. The fourth-order valence-corrected chi connectivity index (χ4v) is 4.73. The van der Waals surface area contributed by atoms with E-state index in [2.05, 4.69) is 0 Å². The molecule has 0 unspecified atom stereocenters. The molecular formula is C23H22N2O5. The number of benzene rings is 1. The van der Waals surface area contributed by atoms with Crippen molar-refractivity contribution >= 4 is 16.9 Å². The number of likely N-dealkylation sites (tertiary alicyclic amines) is 1. The first-order valence-electron chi connectivity index (χ1n) is 10.1. The number of nitrogens with zero attached hydrogens (tertiary/aromatic N) is 2. The molecule has 154 valence electrons. The van der Waals surface area contributed by atoms with Gasteiger partial charge < -0.3 is 18.6 Å². The second-order valence-corrected chi connectivity index (χ2v) is 8.19. The Morgan fingerprint density at radius 1 is 1.13 bits per heavy atom. The van der Waals surface area contributed by atoms with Crippen LogP contribution in [-0.2, 0) is 11.3 Å². The number of rotatable bonds is 3.